The van der Waals surface area contributed by atoms with Crippen LogP contribution in [0.2, 0.25) is 0 Å². The topological polar surface area (TPSA) is 69.4 Å². The van der Waals surface area contributed by atoms with E-state index in [1.165, 1.54) is 107 Å². The number of hydrogen-bond donors (Lipinski definition) is 0. The summed E-state index contributed by atoms with van der Waals surface area (Å²) in [6.07, 6.45) is 13.8. The summed E-state index contributed by atoms with van der Waals surface area (Å²) in [5, 5.41) is 14.1. The third kappa shape index (κ3) is 7.65. The zero-order valence-electron chi connectivity index (χ0n) is 32.9. The van der Waals surface area contributed by atoms with Crippen molar-refractivity contribution in [2.24, 2.45) is 23.7 Å². The van der Waals surface area contributed by atoms with Gasteiger partial charge in [-0.1, -0.05) is 71.5 Å². The Morgan fingerprint density at radius 3 is 1.13 bits per heavy atom. The van der Waals surface area contributed by atoms with Gasteiger partial charge in [0.15, 0.2) is 0 Å². The van der Waals surface area contributed by atoms with E-state index in [1.807, 2.05) is 0 Å². The summed E-state index contributed by atoms with van der Waals surface area (Å²) in [6, 6.07) is 9.96. The fourth-order valence-corrected chi connectivity index (χ4v) is 11.1. The number of piperidine rings is 4. The minimum Gasteiger partial charge on any atom is -0.682 e. The molecule has 8 nitrogen and oxygen atoms in total. The summed E-state index contributed by atoms with van der Waals surface area (Å²) in [7, 11) is 9.12. The van der Waals surface area contributed by atoms with Crippen molar-refractivity contribution < 1.29 is 17.1 Å². The molecular formula is C44H62MnN8-4. The molecule has 1 radical (unpaired) electrons. The number of aromatic nitrogens is 2. The van der Waals surface area contributed by atoms with Crippen molar-refractivity contribution in [2.75, 3.05) is 80.5 Å². The molecule has 9 heteroatoms. The van der Waals surface area contributed by atoms with Crippen LogP contribution in [0.25, 0.3) is 32.9 Å². The third-order valence-electron chi connectivity index (χ3n) is 14.3. The predicted octanol–water partition coefficient (Wildman–Crippen LogP) is 5.48. The van der Waals surface area contributed by atoms with Crippen molar-refractivity contribution in [1.82, 2.24) is 29.6 Å². The van der Waals surface area contributed by atoms with Crippen LogP contribution in [-0.4, -0.2) is 112 Å². The zero-order chi connectivity index (χ0) is 35.3. The van der Waals surface area contributed by atoms with Crippen molar-refractivity contribution in [3.8, 4) is 0 Å². The van der Waals surface area contributed by atoms with Crippen LogP contribution in [0.5, 0.6) is 0 Å². The first-order valence-electron chi connectivity index (χ1n) is 21.0. The van der Waals surface area contributed by atoms with Crippen molar-refractivity contribution >= 4 is 22.3 Å². The monoisotopic (exact) mass is 757 g/mol. The summed E-state index contributed by atoms with van der Waals surface area (Å²) >= 11 is 0. The Bertz CT molecular complexity index is 1640. The van der Waals surface area contributed by atoms with Crippen LogP contribution < -0.4 is 20.7 Å². The molecule has 289 valence electrons. The molecule has 9 heterocycles. The van der Waals surface area contributed by atoms with E-state index in [9.17, 15) is 0 Å². The minimum absolute atomic E-state index is 0. The van der Waals surface area contributed by atoms with E-state index in [-0.39, 0.29) is 29.2 Å². The number of hydrogen-bond acceptors (Lipinski definition) is 4. The van der Waals surface area contributed by atoms with Crippen LogP contribution in [0.3, 0.4) is 0 Å². The number of fused-ring (bicyclic) bond motifs is 8. The van der Waals surface area contributed by atoms with Gasteiger partial charge in [0.05, 0.1) is 0 Å². The Balaban J connectivity index is 0.00000400. The average Bonchev–Trinajstić information content (AvgIpc) is 3.99. The Kier molecular flexibility index (Phi) is 11.4. The Morgan fingerprint density at radius 1 is 0.434 bits per heavy atom. The molecule has 2 aromatic heterocycles. The molecule has 0 amide bonds. The molecule has 0 aliphatic carbocycles. The zero-order valence-corrected chi connectivity index (χ0v) is 34.1. The Hall–Kier alpha value is -2.26. The minimum atomic E-state index is 0. The van der Waals surface area contributed by atoms with E-state index in [1.54, 1.807) is 0 Å². The molecule has 2 aromatic rings. The number of allylic oxidation sites excluding steroid dienone is 4. The maximum atomic E-state index is 5.80. The van der Waals surface area contributed by atoms with Crippen LogP contribution >= 0.6 is 0 Å². The molecular weight excluding hydrogens is 695 g/mol. The Morgan fingerprint density at radius 2 is 0.774 bits per heavy atom. The SMILES string of the molecule is CN1CCC(/C2=C3\CCC([N-]3)/C(C3CCN(C)CC3)=c3/cc/c([n-]3)=C(\C3CCN(C)CC3)C3CC/C(=C(\C4CCN(C)CC4)c4ccc2[n-]4)[N-]3)CC1.[Mn]. The van der Waals surface area contributed by atoms with Crippen molar-refractivity contribution in [1.29, 1.82) is 0 Å². The molecule has 8 bridgehead atoms. The van der Waals surface area contributed by atoms with Gasteiger partial charge in [-0.3, -0.25) is 0 Å². The van der Waals surface area contributed by atoms with Gasteiger partial charge in [0, 0.05) is 17.1 Å². The standard InChI is InChI=1S/C44H62N8.Mn/c1-49-21-13-29(14-22-49)41-33-5-7-35(45-33)42(30-15-23-50(2)24-16-30)37-9-11-39(47-37)44(32-19-27-52(4)28-20-32)40-12-10-38(48-40)43(36-8-6-34(41)46-36)31-17-25-51(3)26-18-31;/h5,7,10,12,29-32,34,37H,6,8-9,11,13-28H2,1-4H3;/q-4;/b41-33-,42-35-,43-36-,44-39-;. The van der Waals surface area contributed by atoms with E-state index < -0.39 is 0 Å². The second-order valence-corrected chi connectivity index (χ2v) is 17.7. The van der Waals surface area contributed by atoms with Gasteiger partial charge in [-0.15, -0.1) is 22.1 Å². The van der Waals surface area contributed by atoms with Gasteiger partial charge in [-0.2, -0.15) is 11.4 Å². The fourth-order valence-electron chi connectivity index (χ4n) is 11.1. The molecule has 53 heavy (non-hydrogen) atoms. The maximum Gasteiger partial charge on any atom is 0 e. The van der Waals surface area contributed by atoms with Gasteiger partial charge in [-0.25, -0.2) is 0 Å². The second kappa shape index (κ2) is 16.1. The quantitative estimate of drug-likeness (QED) is 0.386. The number of likely N-dealkylation sites (tertiary alicyclic amines) is 4. The van der Waals surface area contributed by atoms with E-state index in [0.717, 1.165) is 78.0 Å². The van der Waals surface area contributed by atoms with E-state index in [2.05, 4.69) is 72.1 Å². The normalized spacial score (nSPS) is 33.2. The first-order chi connectivity index (χ1) is 25.4. The van der Waals surface area contributed by atoms with Gasteiger partial charge >= 0.3 is 0 Å². The molecule has 0 spiro atoms. The largest absolute Gasteiger partial charge is 0.682 e. The first kappa shape index (κ1) is 37.7. The van der Waals surface area contributed by atoms with Gasteiger partial charge < -0.3 is 40.2 Å². The fraction of sp³-hybridized carbons (Fsp3) is 0.682. The molecule has 0 aromatic carbocycles. The van der Waals surface area contributed by atoms with Crippen molar-refractivity contribution in [3.05, 3.63) is 68.4 Å². The molecule has 6 fully saturated rings. The van der Waals surface area contributed by atoms with Gasteiger partial charge in [0.2, 0.25) is 0 Å². The van der Waals surface area contributed by atoms with Crippen LogP contribution in [0.1, 0.15) is 88.4 Å². The first-order valence-corrected chi connectivity index (χ1v) is 21.0. The molecule has 6 saturated heterocycles. The van der Waals surface area contributed by atoms with Crippen molar-refractivity contribution in [3.63, 3.8) is 0 Å². The van der Waals surface area contributed by atoms with Gasteiger partial charge in [0.25, 0.3) is 0 Å². The predicted molar refractivity (Wildman–Crippen MR) is 213 cm³/mol. The van der Waals surface area contributed by atoms with Crippen LogP contribution in [0.15, 0.2) is 35.7 Å². The van der Waals surface area contributed by atoms with E-state index in [0.29, 0.717) is 23.7 Å². The van der Waals surface area contributed by atoms with Gasteiger partial charge in [-0.05, 0) is 168 Å². The molecule has 2 unspecified atom stereocenters. The van der Waals surface area contributed by atoms with E-state index >= 15 is 0 Å². The summed E-state index contributed by atoms with van der Waals surface area (Å²) in [6.45, 7) is 9.20. The second-order valence-electron chi connectivity index (χ2n) is 17.7. The third-order valence-corrected chi connectivity index (χ3v) is 14.3. The van der Waals surface area contributed by atoms with Crippen LogP contribution in [0, 0.1) is 23.7 Å². The average molecular weight is 758 g/mol. The van der Waals surface area contributed by atoms with Gasteiger partial charge in [0.1, 0.15) is 0 Å². The number of rotatable bonds is 4. The van der Waals surface area contributed by atoms with E-state index in [4.69, 9.17) is 20.6 Å². The summed E-state index contributed by atoms with van der Waals surface area (Å²) < 4.78 is 0. The summed E-state index contributed by atoms with van der Waals surface area (Å²) in [5.74, 6) is 2.10. The van der Waals surface area contributed by atoms with Crippen molar-refractivity contribution in [2.45, 2.75) is 89.1 Å². The van der Waals surface area contributed by atoms with Crippen LogP contribution in [-0.2, 0) is 17.1 Å². The molecule has 0 N–H and O–H groups in total. The number of nitrogens with zero attached hydrogens (tertiary/aromatic N) is 8. The molecule has 9 rings (SSSR count). The van der Waals surface area contributed by atoms with Crippen LogP contribution in [0.4, 0.5) is 0 Å². The molecule has 0 saturated carbocycles. The maximum absolute atomic E-state index is 5.80. The molecule has 2 atom stereocenters. The molecule has 7 aliphatic heterocycles. The summed E-state index contributed by atoms with van der Waals surface area (Å²) in [5.41, 5.74) is 11.0. The Labute approximate surface area is 329 Å². The molecule has 7 aliphatic rings. The summed E-state index contributed by atoms with van der Waals surface area (Å²) in [4.78, 5) is 21.4. The smallest absolute Gasteiger partial charge is 0 e.